The molecule has 2 heterocycles. The van der Waals surface area contributed by atoms with Crippen molar-refractivity contribution in [3.8, 4) is 0 Å². The molecule has 0 spiro atoms. The van der Waals surface area contributed by atoms with Crippen molar-refractivity contribution in [2.75, 3.05) is 0 Å². The van der Waals surface area contributed by atoms with Crippen LogP contribution in [0, 0.1) is 0 Å². The minimum atomic E-state index is 0.191. The van der Waals surface area contributed by atoms with Crippen LogP contribution in [0.25, 0.3) is 11.0 Å². The molecule has 2 heteroatoms. The topological polar surface area (TPSA) is 25.8 Å². The van der Waals surface area contributed by atoms with Crippen molar-refractivity contribution in [2.24, 2.45) is 0 Å². The Bertz CT molecular complexity index is 475. The summed E-state index contributed by atoms with van der Waals surface area (Å²) < 4.78 is 0. The highest BCUT2D eigenvalue weighted by Gasteiger charge is 2.18. The summed E-state index contributed by atoms with van der Waals surface area (Å²) in [4.78, 5) is 8.60. The number of hydrogen-bond donors (Lipinski definition) is 0. The summed E-state index contributed by atoms with van der Waals surface area (Å²) >= 11 is 0. The van der Waals surface area contributed by atoms with Crippen LogP contribution in [0.2, 0.25) is 0 Å². The maximum Gasteiger partial charge on any atom is 0.159 e. The maximum absolute atomic E-state index is 4.38. The van der Waals surface area contributed by atoms with Crippen molar-refractivity contribution < 1.29 is 0 Å². The predicted molar refractivity (Wildman–Crippen MR) is 62.9 cm³/mol. The summed E-state index contributed by atoms with van der Waals surface area (Å²) in [5.41, 5.74) is 2.30. The average Bonchev–Trinajstić information content (AvgIpc) is 2.28. The van der Waals surface area contributed by atoms with Crippen LogP contribution in [0.4, 0.5) is 0 Å². The van der Waals surface area contributed by atoms with E-state index in [9.17, 15) is 0 Å². The molecule has 0 bridgehead atoms. The predicted octanol–water partition coefficient (Wildman–Crippen LogP) is 3.32. The third-order valence-electron chi connectivity index (χ3n) is 3.12. The highest BCUT2D eigenvalue weighted by atomic mass is 14.8. The number of fused-ring (bicyclic) bond motifs is 1. The van der Waals surface area contributed by atoms with Gasteiger partial charge in [0.05, 0.1) is 0 Å². The van der Waals surface area contributed by atoms with Crippen molar-refractivity contribution in [3.05, 3.63) is 36.2 Å². The quantitative estimate of drug-likeness (QED) is 0.743. The van der Waals surface area contributed by atoms with Gasteiger partial charge in [0.15, 0.2) is 5.65 Å². The molecular formula is C13H16N2. The summed E-state index contributed by atoms with van der Waals surface area (Å²) in [5, 5.41) is 1.12. The third kappa shape index (κ3) is 1.84. The third-order valence-corrected chi connectivity index (χ3v) is 3.12. The molecule has 0 unspecified atom stereocenters. The largest absolute Gasteiger partial charge is 0.237 e. The minimum Gasteiger partial charge on any atom is -0.237 e. The fraction of sp³-hybridized carbons (Fsp3) is 0.385. The van der Waals surface area contributed by atoms with Crippen LogP contribution in [0.15, 0.2) is 30.6 Å². The molecule has 0 aliphatic heterocycles. The van der Waals surface area contributed by atoms with Crippen LogP contribution < -0.4 is 0 Å². The van der Waals surface area contributed by atoms with Crippen molar-refractivity contribution in [1.29, 1.82) is 0 Å². The first-order chi connectivity index (χ1) is 7.13. The van der Waals surface area contributed by atoms with E-state index in [0.29, 0.717) is 0 Å². The SMILES string of the molecule is CCC(C)(C)c1cnc2ncccc2c1. The Kier molecular flexibility index (Phi) is 2.43. The second kappa shape index (κ2) is 3.61. The summed E-state index contributed by atoms with van der Waals surface area (Å²) in [6.07, 6.45) is 4.83. The van der Waals surface area contributed by atoms with Gasteiger partial charge in [-0.2, -0.15) is 0 Å². The van der Waals surface area contributed by atoms with Gasteiger partial charge in [0.1, 0.15) is 0 Å². The van der Waals surface area contributed by atoms with Crippen molar-refractivity contribution in [2.45, 2.75) is 32.6 Å². The second-order valence-corrected chi connectivity index (χ2v) is 4.51. The van der Waals surface area contributed by atoms with E-state index in [-0.39, 0.29) is 5.41 Å². The molecule has 2 rings (SSSR count). The van der Waals surface area contributed by atoms with Crippen molar-refractivity contribution >= 4 is 11.0 Å². The van der Waals surface area contributed by atoms with E-state index in [1.54, 1.807) is 6.20 Å². The van der Waals surface area contributed by atoms with Crippen LogP contribution in [0.5, 0.6) is 0 Å². The zero-order chi connectivity index (χ0) is 10.9. The van der Waals surface area contributed by atoms with Crippen LogP contribution in [0.3, 0.4) is 0 Å². The van der Waals surface area contributed by atoms with Crippen LogP contribution in [-0.4, -0.2) is 9.97 Å². The Morgan fingerprint density at radius 1 is 1.27 bits per heavy atom. The summed E-state index contributed by atoms with van der Waals surface area (Å²) in [7, 11) is 0. The van der Waals surface area contributed by atoms with E-state index in [0.717, 1.165) is 17.5 Å². The van der Waals surface area contributed by atoms with Gasteiger partial charge in [-0.05, 0) is 35.6 Å². The number of pyridine rings is 2. The Hall–Kier alpha value is -1.44. The minimum absolute atomic E-state index is 0.191. The first kappa shape index (κ1) is 10.1. The van der Waals surface area contributed by atoms with Crippen molar-refractivity contribution in [3.63, 3.8) is 0 Å². The van der Waals surface area contributed by atoms with Crippen LogP contribution >= 0.6 is 0 Å². The highest BCUT2D eigenvalue weighted by Crippen LogP contribution is 2.27. The fourth-order valence-electron chi connectivity index (χ4n) is 1.54. The summed E-state index contributed by atoms with van der Waals surface area (Å²) in [6.45, 7) is 6.69. The number of aromatic nitrogens is 2. The van der Waals surface area contributed by atoms with Gasteiger partial charge in [-0.3, -0.25) is 0 Å². The molecule has 0 saturated carbocycles. The molecule has 0 atom stereocenters. The normalized spacial score (nSPS) is 11.9. The molecular weight excluding hydrogens is 184 g/mol. The van der Waals surface area contributed by atoms with E-state index < -0.39 is 0 Å². The number of hydrogen-bond acceptors (Lipinski definition) is 2. The monoisotopic (exact) mass is 200 g/mol. The van der Waals surface area contributed by atoms with E-state index >= 15 is 0 Å². The van der Waals surface area contributed by atoms with E-state index in [1.807, 2.05) is 12.3 Å². The lowest BCUT2D eigenvalue weighted by Gasteiger charge is -2.22. The van der Waals surface area contributed by atoms with Gasteiger partial charge in [-0.1, -0.05) is 20.8 Å². The lowest BCUT2D eigenvalue weighted by atomic mass is 9.83. The van der Waals surface area contributed by atoms with Gasteiger partial charge in [-0.25, -0.2) is 9.97 Å². The summed E-state index contributed by atoms with van der Waals surface area (Å²) in [6, 6.07) is 6.20. The molecule has 15 heavy (non-hydrogen) atoms. The average molecular weight is 200 g/mol. The smallest absolute Gasteiger partial charge is 0.159 e. The fourth-order valence-corrected chi connectivity index (χ4v) is 1.54. The first-order valence-corrected chi connectivity index (χ1v) is 5.35. The van der Waals surface area contributed by atoms with Crippen LogP contribution in [0.1, 0.15) is 32.8 Å². The molecule has 2 nitrogen and oxygen atoms in total. The Balaban J connectivity index is 2.56. The van der Waals surface area contributed by atoms with E-state index in [4.69, 9.17) is 0 Å². The molecule has 0 fully saturated rings. The number of nitrogens with zero attached hydrogens (tertiary/aromatic N) is 2. The maximum atomic E-state index is 4.38. The first-order valence-electron chi connectivity index (χ1n) is 5.35. The lowest BCUT2D eigenvalue weighted by Crippen LogP contribution is -2.15. The standard InChI is InChI=1S/C13H16N2/c1-4-13(2,3)11-8-10-6-5-7-14-12(10)15-9-11/h5-9H,4H2,1-3H3. The van der Waals surface area contributed by atoms with Gasteiger partial charge in [0, 0.05) is 17.8 Å². The molecule has 0 N–H and O–H groups in total. The van der Waals surface area contributed by atoms with E-state index in [2.05, 4.69) is 42.9 Å². The molecule has 78 valence electrons. The molecule has 2 aromatic rings. The Morgan fingerprint density at radius 3 is 2.80 bits per heavy atom. The molecule has 0 aliphatic rings. The van der Waals surface area contributed by atoms with Gasteiger partial charge in [-0.15, -0.1) is 0 Å². The molecule has 0 radical (unpaired) electrons. The lowest BCUT2D eigenvalue weighted by molar-refractivity contribution is 0.505. The zero-order valence-corrected chi connectivity index (χ0v) is 9.49. The second-order valence-electron chi connectivity index (χ2n) is 4.51. The van der Waals surface area contributed by atoms with Gasteiger partial charge < -0.3 is 0 Å². The molecule has 0 saturated heterocycles. The van der Waals surface area contributed by atoms with Gasteiger partial charge in [0.25, 0.3) is 0 Å². The molecule has 2 aromatic heterocycles. The Morgan fingerprint density at radius 2 is 2.07 bits per heavy atom. The van der Waals surface area contributed by atoms with Gasteiger partial charge >= 0.3 is 0 Å². The zero-order valence-electron chi connectivity index (χ0n) is 9.49. The Labute approximate surface area is 90.4 Å². The van der Waals surface area contributed by atoms with Gasteiger partial charge in [0.2, 0.25) is 0 Å². The van der Waals surface area contributed by atoms with E-state index in [1.165, 1.54) is 5.56 Å². The van der Waals surface area contributed by atoms with Crippen LogP contribution in [-0.2, 0) is 5.41 Å². The number of rotatable bonds is 2. The molecule has 0 aromatic carbocycles. The van der Waals surface area contributed by atoms with Crippen molar-refractivity contribution in [1.82, 2.24) is 9.97 Å². The highest BCUT2D eigenvalue weighted by molar-refractivity contribution is 5.74. The molecule has 0 amide bonds. The molecule has 0 aliphatic carbocycles. The summed E-state index contributed by atoms with van der Waals surface area (Å²) in [5.74, 6) is 0.